The zero-order valence-corrected chi connectivity index (χ0v) is 16.0. The highest BCUT2D eigenvalue weighted by atomic mass is 16.6. The monoisotopic (exact) mass is 377 g/mol. The molecule has 0 aliphatic heterocycles. The van der Waals surface area contributed by atoms with Crippen LogP contribution in [0.4, 0.5) is 0 Å². The number of carbonyl (C=O) groups excluding carboxylic acids is 1. The number of allylic oxidation sites excluding steroid dienone is 6. The fraction of sp³-hybridized carbons (Fsp3) is 0.550. The molecule has 0 spiro atoms. The maximum atomic E-state index is 11.1. The Hall–Kier alpha value is -2.57. The molecule has 0 aromatic heterocycles. The van der Waals surface area contributed by atoms with Gasteiger partial charge >= 0.3 is 0 Å². The molecule has 0 heterocycles. The maximum Gasteiger partial charge on any atom is 0.246 e. The normalized spacial score (nSPS) is 12.8. The van der Waals surface area contributed by atoms with Gasteiger partial charge in [-0.1, -0.05) is 44.1 Å². The third-order valence-corrected chi connectivity index (χ3v) is 3.79. The summed E-state index contributed by atoms with van der Waals surface area (Å²) in [6.45, 7) is 1.78. The van der Waals surface area contributed by atoms with Crippen molar-refractivity contribution in [3.05, 3.63) is 68.1 Å². The van der Waals surface area contributed by atoms with Crippen LogP contribution in [0.15, 0.2) is 47.9 Å². The van der Waals surface area contributed by atoms with Crippen LogP contribution >= 0.6 is 0 Å². The molecule has 7 nitrogen and oxygen atoms in total. The van der Waals surface area contributed by atoms with E-state index in [1.54, 1.807) is 13.0 Å². The summed E-state index contributed by atoms with van der Waals surface area (Å²) in [5.41, 5.74) is -0.0558. The van der Waals surface area contributed by atoms with Crippen molar-refractivity contribution < 1.29 is 14.6 Å². The lowest BCUT2D eigenvalue weighted by atomic mass is 10.1. The maximum absolute atomic E-state index is 11.1. The van der Waals surface area contributed by atoms with E-state index >= 15 is 0 Å². The Balaban J connectivity index is 4.20. The molecule has 0 N–H and O–H groups in total. The van der Waals surface area contributed by atoms with Gasteiger partial charge in [0.25, 0.3) is 0 Å². The Kier molecular flexibility index (Phi) is 15.3. The van der Waals surface area contributed by atoms with Crippen molar-refractivity contribution >= 4 is 6.29 Å². The van der Waals surface area contributed by atoms with E-state index in [1.807, 2.05) is 18.4 Å². The fourth-order valence-corrected chi connectivity index (χ4v) is 2.33. The van der Waals surface area contributed by atoms with Crippen molar-refractivity contribution in [2.24, 2.45) is 0 Å². The average molecular weight is 377 g/mol. The van der Waals surface area contributed by atoms with Crippen molar-refractivity contribution in [1.82, 2.24) is 0 Å². The first kappa shape index (κ1) is 24.4. The zero-order valence-electron chi connectivity index (χ0n) is 16.0. The zero-order chi connectivity index (χ0) is 20.3. The van der Waals surface area contributed by atoms with Gasteiger partial charge in [0.05, 0.1) is 22.7 Å². The molecular formula is C20H29N2O5. The van der Waals surface area contributed by atoms with Crippen molar-refractivity contribution in [1.29, 1.82) is 0 Å². The van der Waals surface area contributed by atoms with Crippen LogP contribution in [0, 0.1) is 20.2 Å². The molecule has 27 heavy (non-hydrogen) atoms. The van der Waals surface area contributed by atoms with E-state index in [9.17, 15) is 25.0 Å². The standard InChI is InChI=1S/C20H29N2O5/c1-2-14-19(21(24)25)16-17-20(22(26)27)15-12-10-8-6-4-3-5-7-9-11-13-18-23/h4,6,10,12,14,17H,2-3,5,7-9,11,13,15-16H2,1H3/b6-4+,12-10+,19-14-,20-17-. The minimum Gasteiger partial charge on any atom is -0.291 e. The van der Waals surface area contributed by atoms with E-state index < -0.39 is 9.85 Å². The first-order valence-electron chi connectivity index (χ1n) is 9.34. The molecule has 0 saturated heterocycles. The minimum absolute atomic E-state index is 0.0203. The molecule has 0 amide bonds. The molecule has 0 atom stereocenters. The van der Waals surface area contributed by atoms with E-state index in [0.29, 0.717) is 19.3 Å². The van der Waals surface area contributed by atoms with Crippen LogP contribution in [0.3, 0.4) is 0 Å². The SMILES string of the molecule is CC/C=C(/C/C=C(/C/C=C/C/C=C/CCCCCC[C]=O)[N+](=O)[O-])[N+](=O)[O-]. The Morgan fingerprint density at radius 2 is 1.48 bits per heavy atom. The lowest BCUT2D eigenvalue weighted by Crippen LogP contribution is -2.01. The molecule has 1 radical (unpaired) electrons. The molecule has 0 aliphatic rings. The third-order valence-electron chi connectivity index (χ3n) is 3.79. The topological polar surface area (TPSA) is 103 Å². The summed E-state index contributed by atoms with van der Waals surface area (Å²) in [6.07, 6.45) is 19.3. The van der Waals surface area contributed by atoms with Crippen molar-refractivity contribution in [3.63, 3.8) is 0 Å². The lowest BCUT2D eigenvalue weighted by molar-refractivity contribution is -0.431. The number of unbranched alkanes of at least 4 members (excludes halogenated alkanes) is 5. The average Bonchev–Trinajstić information content (AvgIpc) is 2.63. The van der Waals surface area contributed by atoms with Gasteiger partial charge in [-0.15, -0.1) is 0 Å². The van der Waals surface area contributed by atoms with Crippen LogP contribution in [0.2, 0.25) is 0 Å². The highest BCUT2D eigenvalue weighted by Gasteiger charge is 2.13. The van der Waals surface area contributed by atoms with E-state index in [4.69, 9.17) is 0 Å². The lowest BCUT2D eigenvalue weighted by Gasteiger charge is -1.96. The predicted molar refractivity (Wildman–Crippen MR) is 106 cm³/mol. The highest BCUT2D eigenvalue weighted by molar-refractivity contribution is 5.50. The molecular weight excluding hydrogens is 348 g/mol. The Bertz CT molecular complexity index is 577. The van der Waals surface area contributed by atoms with E-state index in [2.05, 4.69) is 6.08 Å². The van der Waals surface area contributed by atoms with Crippen LogP contribution in [0.1, 0.15) is 71.1 Å². The van der Waals surface area contributed by atoms with Crippen molar-refractivity contribution in [2.75, 3.05) is 0 Å². The van der Waals surface area contributed by atoms with Gasteiger partial charge in [-0.05, 0) is 44.3 Å². The van der Waals surface area contributed by atoms with Gasteiger partial charge in [0.2, 0.25) is 11.4 Å². The van der Waals surface area contributed by atoms with Crippen molar-refractivity contribution in [3.8, 4) is 0 Å². The molecule has 0 fully saturated rings. The summed E-state index contributed by atoms with van der Waals surface area (Å²) in [5, 5.41) is 21.9. The van der Waals surface area contributed by atoms with Crippen LogP contribution < -0.4 is 0 Å². The summed E-state index contributed by atoms with van der Waals surface area (Å²) < 4.78 is 0. The minimum atomic E-state index is -0.501. The summed E-state index contributed by atoms with van der Waals surface area (Å²) in [5.74, 6) is 0. The van der Waals surface area contributed by atoms with Crippen LogP contribution in [-0.4, -0.2) is 16.1 Å². The van der Waals surface area contributed by atoms with Gasteiger partial charge in [-0.25, -0.2) is 0 Å². The highest BCUT2D eigenvalue weighted by Crippen LogP contribution is 2.11. The van der Waals surface area contributed by atoms with Gasteiger partial charge in [0.15, 0.2) is 6.29 Å². The second kappa shape index (κ2) is 16.9. The molecule has 0 saturated carbocycles. The molecule has 0 rings (SSSR count). The summed E-state index contributed by atoms with van der Waals surface area (Å²) in [4.78, 5) is 31.0. The van der Waals surface area contributed by atoms with Gasteiger partial charge in [0, 0.05) is 6.42 Å². The van der Waals surface area contributed by atoms with Crippen LogP contribution in [-0.2, 0) is 4.79 Å². The third kappa shape index (κ3) is 14.3. The molecule has 0 unspecified atom stereocenters. The van der Waals surface area contributed by atoms with E-state index in [-0.39, 0.29) is 24.2 Å². The number of hydrogen-bond acceptors (Lipinski definition) is 5. The Morgan fingerprint density at radius 3 is 2.11 bits per heavy atom. The van der Waals surface area contributed by atoms with Crippen LogP contribution in [0.5, 0.6) is 0 Å². The Morgan fingerprint density at radius 1 is 0.852 bits per heavy atom. The molecule has 0 aromatic carbocycles. The predicted octanol–water partition coefficient (Wildman–Crippen LogP) is 5.45. The second-order valence-corrected chi connectivity index (χ2v) is 6.00. The van der Waals surface area contributed by atoms with Gasteiger partial charge < -0.3 is 0 Å². The number of nitrogens with zero attached hydrogens (tertiary/aromatic N) is 2. The molecule has 149 valence electrons. The summed E-state index contributed by atoms with van der Waals surface area (Å²) in [7, 11) is 0. The van der Waals surface area contributed by atoms with E-state index in [1.165, 1.54) is 12.2 Å². The first-order chi connectivity index (χ1) is 13.0. The van der Waals surface area contributed by atoms with Gasteiger partial charge in [-0.2, -0.15) is 0 Å². The van der Waals surface area contributed by atoms with Gasteiger partial charge in [0.1, 0.15) is 0 Å². The second-order valence-electron chi connectivity index (χ2n) is 6.00. The molecule has 0 bridgehead atoms. The fourth-order valence-electron chi connectivity index (χ4n) is 2.33. The number of nitro groups is 2. The largest absolute Gasteiger partial charge is 0.291 e. The summed E-state index contributed by atoms with van der Waals surface area (Å²) in [6, 6.07) is 0. The first-order valence-corrected chi connectivity index (χ1v) is 9.34. The number of hydrogen-bond donors (Lipinski definition) is 0. The number of rotatable bonds is 16. The molecule has 0 aliphatic carbocycles. The van der Waals surface area contributed by atoms with Gasteiger partial charge in [-0.3, -0.25) is 25.0 Å². The molecule has 0 aromatic rings. The quantitative estimate of drug-likeness (QED) is 0.154. The van der Waals surface area contributed by atoms with Crippen LogP contribution in [0.25, 0.3) is 0 Å². The van der Waals surface area contributed by atoms with E-state index in [0.717, 1.165) is 32.1 Å². The summed E-state index contributed by atoms with van der Waals surface area (Å²) >= 11 is 0. The van der Waals surface area contributed by atoms with Crippen molar-refractivity contribution in [2.45, 2.75) is 71.1 Å². The smallest absolute Gasteiger partial charge is 0.246 e. The Labute approximate surface area is 160 Å². The molecule has 7 heteroatoms.